The van der Waals surface area contributed by atoms with Crippen molar-refractivity contribution in [2.45, 2.75) is 20.3 Å². The van der Waals surface area contributed by atoms with Gasteiger partial charge < -0.3 is 4.98 Å². The molecule has 1 heterocycles. The van der Waals surface area contributed by atoms with Crippen molar-refractivity contribution in [1.29, 1.82) is 0 Å². The summed E-state index contributed by atoms with van der Waals surface area (Å²) >= 11 is 14.0. The molecule has 1 N–H and O–H groups in total. The van der Waals surface area contributed by atoms with Gasteiger partial charge in [0.05, 0.1) is 9.26 Å². The average molecular weight is 423 g/mol. The van der Waals surface area contributed by atoms with Gasteiger partial charge in [-0.3, -0.25) is 4.79 Å². The fourth-order valence-corrected chi connectivity index (χ4v) is 2.86. The van der Waals surface area contributed by atoms with E-state index in [2.05, 4.69) is 23.8 Å². The summed E-state index contributed by atoms with van der Waals surface area (Å²) in [4.78, 5) is 19.3. The fraction of sp³-hybridized carbons (Fsp3) is 0.286. The maximum Gasteiger partial charge on any atom is 0.264 e. The number of rotatable bonds is 3. The zero-order valence-corrected chi connectivity index (χ0v) is 14.7. The van der Waals surface area contributed by atoms with E-state index in [4.69, 9.17) is 23.2 Å². The Balaban J connectivity index is 2.57. The topological polar surface area (TPSA) is 45.8 Å². The lowest BCUT2D eigenvalue weighted by Gasteiger charge is -2.09. The molecule has 0 aliphatic carbocycles. The van der Waals surface area contributed by atoms with Crippen molar-refractivity contribution >= 4 is 45.8 Å². The van der Waals surface area contributed by atoms with Gasteiger partial charge in [-0.05, 0) is 53.1 Å². The molecule has 0 radical (unpaired) electrons. The first-order chi connectivity index (χ1) is 9.36. The van der Waals surface area contributed by atoms with E-state index in [-0.39, 0.29) is 5.56 Å². The molecule has 1 aromatic carbocycles. The number of nitrogens with one attached hydrogen (secondary N) is 1. The summed E-state index contributed by atoms with van der Waals surface area (Å²) in [6.45, 7) is 4.18. The quantitative estimate of drug-likeness (QED) is 0.737. The second-order valence-corrected chi connectivity index (χ2v) is 6.88. The molecule has 0 saturated heterocycles. The van der Waals surface area contributed by atoms with Crippen molar-refractivity contribution in [3.05, 3.63) is 47.9 Å². The number of benzene rings is 1. The predicted molar refractivity (Wildman–Crippen MR) is 91.6 cm³/mol. The van der Waals surface area contributed by atoms with Gasteiger partial charge in [0.25, 0.3) is 5.56 Å². The van der Waals surface area contributed by atoms with Crippen molar-refractivity contribution in [3.63, 3.8) is 0 Å². The maximum absolute atomic E-state index is 12.0. The molecule has 6 heteroatoms. The van der Waals surface area contributed by atoms with E-state index >= 15 is 0 Å². The molecule has 20 heavy (non-hydrogen) atoms. The van der Waals surface area contributed by atoms with Gasteiger partial charge in [-0.2, -0.15) is 0 Å². The Morgan fingerprint density at radius 1 is 1.25 bits per heavy atom. The average Bonchev–Trinajstić information content (AvgIpc) is 2.32. The van der Waals surface area contributed by atoms with Crippen molar-refractivity contribution in [3.8, 4) is 11.4 Å². The number of aromatic nitrogens is 2. The van der Waals surface area contributed by atoms with Crippen LogP contribution in [-0.2, 0) is 6.42 Å². The van der Waals surface area contributed by atoms with Crippen LogP contribution in [0.15, 0.2) is 23.0 Å². The van der Waals surface area contributed by atoms with Gasteiger partial charge in [0.2, 0.25) is 0 Å². The standard InChI is InChI=1S/C14H13Cl2IN2O/c1-7(2)3-11-12(17)14(20)19-13(18-11)8-4-9(15)6-10(16)5-8/h4-7H,3H2,1-2H3,(H,18,19,20). The van der Waals surface area contributed by atoms with Crippen LogP contribution in [0, 0.1) is 9.49 Å². The molecular formula is C14H13Cl2IN2O. The van der Waals surface area contributed by atoms with E-state index in [1.165, 1.54) is 0 Å². The normalized spacial score (nSPS) is 11.1. The summed E-state index contributed by atoms with van der Waals surface area (Å²) in [6.07, 6.45) is 0.753. The van der Waals surface area contributed by atoms with Crippen LogP contribution in [0.25, 0.3) is 11.4 Å². The van der Waals surface area contributed by atoms with Crippen LogP contribution in [0.5, 0.6) is 0 Å². The molecule has 0 unspecified atom stereocenters. The van der Waals surface area contributed by atoms with E-state index in [0.29, 0.717) is 30.9 Å². The molecule has 2 aromatic rings. The largest absolute Gasteiger partial charge is 0.306 e. The van der Waals surface area contributed by atoms with Crippen molar-refractivity contribution in [1.82, 2.24) is 9.97 Å². The minimum atomic E-state index is -0.137. The molecule has 0 aliphatic rings. The van der Waals surface area contributed by atoms with Crippen molar-refractivity contribution in [2.75, 3.05) is 0 Å². The number of H-pyrrole nitrogens is 1. The summed E-state index contributed by atoms with van der Waals surface area (Å²) in [5.74, 6) is 0.920. The Morgan fingerprint density at radius 3 is 2.40 bits per heavy atom. The first-order valence-electron chi connectivity index (χ1n) is 6.12. The van der Waals surface area contributed by atoms with Crippen molar-refractivity contribution in [2.24, 2.45) is 5.92 Å². The molecule has 0 atom stereocenters. The van der Waals surface area contributed by atoms with Gasteiger partial charge in [0.1, 0.15) is 5.82 Å². The third-order valence-corrected chi connectivity index (χ3v) is 4.22. The van der Waals surface area contributed by atoms with Crippen LogP contribution in [0.1, 0.15) is 19.5 Å². The highest BCUT2D eigenvalue weighted by atomic mass is 127. The van der Waals surface area contributed by atoms with Crippen LogP contribution < -0.4 is 5.56 Å². The first-order valence-corrected chi connectivity index (χ1v) is 7.95. The van der Waals surface area contributed by atoms with E-state index in [1.54, 1.807) is 18.2 Å². The van der Waals surface area contributed by atoms with Gasteiger partial charge in [0, 0.05) is 15.6 Å². The van der Waals surface area contributed by atoms with Gasteiger partial charge in [-0.1, -0.05) is 37.0 Å². The second kappa shape index (κ2) is 6.45. The summed E-state index contributed by atoms with van der Waals surface area (Å²) in [5.41, 5.74) is 1.37. The lowest BCUT2D eigenvalue weighted by Crippen LogP contribution is -2.17. The summed E-state index contributed by atoms with van der Waals surface area (Å²) in [5, 5.41) is 1.03. The Labute approximate surface area is 140 Å². The smallest absolute Gasteiger partial charge is 0.264 e. The molecule has 0 aliphatic heterocycles. The maximum atomic E-state index is 12.0. The van der Waals surface area contributed by atoms with Gasteiger partial charge in [-0.25, -0.2) is 4.98 Å². The highest BCUT2D eigenvalue weighted by Crippen LogP contribution is 2.25. The lowest BCUT2D eigenvalue weighted by molar-refractivity contribution is 0.631. The third-order valence-electron chi connectivity index (χ3n) is 2.67. The van der Waals surface area contributed by atoms with E-state index < -0.39 is 0 Å². The Bertz CT molecular complexity index is 678. The Kier molecular flexibility index (Phi) is 5.09. The Morgan fingerprint density at radius 2 is 1.85 bits per heavy atom. The first kappa shape index (κ1) is 15.8. The van der Waals surface area contributed by atoms with Crippen LogP contribution >= 0.6 is 45.8 Å². The monoisotopic (exact) mass is 422 g/mol. The van der Waals surface area contributed by atoms with Gasteiger partial charge in [0.15, 0.2) is 0 Å². The predicted octanol–water partition coefficient (Wildman–Crippen LogP) is 4.55. The molecule has 1 aromatic heterocycles. The number of nitrogens with zero attached hydrogens (tertiary/aromatic N) is 1. The van der Waals surface area contributed by atoms with Gasteiger partial charge >= 0.3 is 0 Å². The molecule has 3 nitrogen and oxygen atoms in total. The zero-order valence-electron chi connectivity index (χ0n) is 11.0. The number of hydrogen-bond donors (Lipinski definition) is 1. The molecule has 0 spiro atoms. The number of aromatic amines is 1. The molecule has 0 saturated carbocycles. The summed E-state index contributed by atoms with van der Waals surface area (Å²) < 4.78 is 0.633. The fourth-order valence-electron chi connectivity index (χ4n) is 1.85. The molecule has 0 fully saturated rings. The number of hydrogen-bond acceptors (Lipinski definition) is 2. The SMILES string of the molecule is CC(C)Cc1nc(-c2cc(Cl)cc(Cl)c2)[nH]c(=O)c1I. The minimum absolute atomic E-state index is 0.137. The van der Waals surface area contributed by atoms with Crippen LogP contribution in [0.4, 0.5) is 0 Å². The Hall–Kier alpha value is -0.590. The molecule has 106 valence electrons. The van der Waals surface area contributed by atoms with E-state index in [9.17, 15) is 4.79 Å². The molecule has 0 amide bonds. The molecule has 0 bridgehead atoms. The summed E-state index contributed by atoms with van der Waals surface area (Å²) in [6, 6.07) is 5.11. The zero-order chi connectivity index (χ0) is 14.9. The third kappa shape index (κ3) is 3.74. The van der Waals surface area contributed by atoms with Crippen LogP contribution in [0.2, 0.25) is 10.0 Å². The van der Waals surface area contributed by atoms with Crippen LogP contribution in [0.3, 0.4) is 0 Å². The second-order valence-electron chi connectivity index (χ2n) is 4.93. The van der Waals surface area contributed by atoms with Crippen LogP contribution in [-0.4, -0.2) is 9.97 Å². The van der Waals surface area contributed by atoms with E-state index in [1.807, 2.05) is 22.6 Å². The lowest BCUT2D eigenvalue weighted by atomic mass is 10.1. The minimum Gasteiger partial charge on any atom is -0.306 e. The van der Waals surface area contributed by atoms with E-state index in [0.717, 1.165) is 12.1 Å². The molecular weight excluding hydrogens is 410 g/mol. The summed E-state index contributed by atoms with van der Waals surface area (Å²) in [7, 11) is 0. The highest BCUT2D eigenvalue weighted by molar-refractivity contribution is 14.1. The number of halogens is 3. The van der Waals surface area contributed by atoms with Gasteiger partial charge in [-0.15, -0.1) is 0 Å². The highest BCUT2D eigenvalue weighted by Gasteiger charge is 2.12. The molecule has 2 rings (SSSR count). The van der Waals surface area contributed by atoms with Crippen molar-refractivity contribution < 1.29 is 0 Å².